The van der Waals surface area contributed by atoms with Crippen LogP contribution in [0.25, 0.3) is 0 Å². The van der Waals surface area contributed by atoms with Crippen molar-refractivity contribution in [2.75, 3.05) is 11.9 Å². The second-order valence-electron chi connectivity index (χ2n) is 9.17. The van der Waals surface area contributed by atoms with E-state index in [0.29, 0.717) is 36.1 Å². The highest BCUT2D eigenvalue weighted by molar-refractivity contribution is 6.47. The number of carbonyl (C=O) groups excluding carboxylic acids is 1. The van der Waals surface area contributed by atoms with Crippen molar-refractivity contribution in [3.05, 3.63) is 53.8 Å². The third-order valence-electron chi connectivity index (χ3n) is 6.27. The predicted molar refractivity (Wildman–Crippen MR) is 124 cm³/mol. The minimum atomic E-state index is -2.72. The lowest BCUT2D eigenvalue weighted by atomic mass is 9.60. The van der Waals surface area contributed by atoms with Gasteiger partial charge in [-0.05, 0) is 56.2 Å². The number of anilines is 1. The molecule has 33 heavy (non-hydrogen) atoms. The van der Waals surface area contributed by atoms with Gasteiger partial charge < -0.3 is 9.88 Å². The summed E-state index contributed by atoms with van der Waals surface area (Å²) in [6.07, 6.45) is 5.22. The number of alkyl halides is 2. The summed E-state index contributed by atoms with van der Waals surface area (Å²) in [5, 5.41) is 10.8. The van der Waals surface area contributed by atoms with Gasteiger partial charge in [0.05, 0.1) is 0 Å². The molecular weight excluding hydrogens is 426 g/mol. The monoisotopic (exact) mass is 454 g/mol. The lowest BCUT2D eigenvalue weighted by Crippen LogP contribution is -2.51. The predicted octanol–water partition coefficient (Wildman–Crippen LogP) is 4.12. The summed E-state index contributed by atoms with van der Waals surface area (Å²) in [5.41, 5.74) is 1.37. The van der Waals surface area contributed by atoms with Gasteiger partial charge in [0.2, 0.25) is 5.92 Å². The molecule has 2 aromatic rings. The number of hydrogen-bond donors (Lipinski definition) is 1. The number of hydrogen-bond acceptors (Lipinski definition) is 5. The van der Waals surface area contributed by atoms with Gasteiger partial charge in [-0.2, -0.15) is 0 Å². The molecule has 0 unspecified atom stereocenters. The fourth-order valence-electron chi connectivity index (χ4n) is 4.22. The van der Waals surface area contributed by atoms with Gasteiger partial charge in [0.15, 0.2) is 0 Å². The number of aryl methyl sites for hydroxylation is 1. The van der Waals surface area contributed by atoms with Crippen molar-refractivity contribution in [3.8, 4) is 0 Å². The van der Waals surface area contributed by atoms with Crippen molar-refractivity contribution in [3.63, 3.8) is 0 Å². The number of allylic oxidation sites excluding steroid dienone is 1. The van der Waals surface area contributed by atoms with Gasteiger partial charge in [0.25, 0.3) is 5.91 Å². The van der Waals surface area contributed by atoms with Crippen molar-refractivity contribution in [1.82, 2.24) is 14.8 Å². The highest BCUT2D eigenvalue weighted by atomic mass is 19.3. The van der Waals surface area contributed by atoms with Crippen molar-refractivity contribution >= 4 is 24.0 Å². The molecule has 0 spiro atoms. The third-order valence-corrected chi connectivity index (χ3v) is 6.27. The molecule has 0 bridgehead atoms. The second-order valence-corrected chi connectivity index (χ2v) is 9.17. The molecule has 2 fully saturated rings. The molecule has 0 radical (unpaired) electrons. The number of nitrogens with one attached hydrogen (secondary N) is 1. The van der Waals surface area contributed by atoms with Crippen molar-refractivity contribution < 1.29 is 13.6 Å². The molecule has 2 saturated carbocycles. The van der Waals surface area contributed by atoms with E-state index in [4.69, 9.17) is 0 Å². The van der Waals surface area contributed by atoms with E-state index in [0.717, 1.165) is 18.4 Å². The zero-order valence-electron chi connectivity index (χ0n) is 18.9. The van der Waals surface area contributed by atoms with Gasteiger partial charge in [-0.25, -0.2) is 8.78 Å². The van der Waals surface area contributed by atoms with Gasteiger partial charge in [-0.15, -0.1) is 10.2 Å². The van der Waals surface area contributed by atoms with Crippen LogP contribution in [0.2, 0.25) is 0 Å². The minimum Gasteiger partial charge on any atom is -0.321 e. The summed E-state index contributed by atoms with van der Waals surface area (Å²) in [6.45, 7) is 5.84. The minimum absolute atomic E-state index is 0.273. The molecule has 2 aliphatic carbocycles. The number of carbonyl (C=O) groups is 1. The number of halogens is 2. The topological polar surface area (TPSA) is 84.5 Å². The van der Waals surface area contributed by atoms with Gasteiger partial charge in [0.1, 0.15) is 17.9 Å². The first-order valence-electron chi connectivity index (χ1n) is 11.0. The molecule has 1 N–H and O–H groups in total. The molecule has 4 rings (SSSR count). The second kappa shape index (κ2) is 8.96. The summed E-state index contributed by atoms with van der Waals surface area (Å²) in [7, 11) is 1.80. The Bertz CT molecular complexity index is 1110. The van der Waals surface area contributed by atoms with Crippen LogP contribution in [0, 0.1) is 5.92 Å². The van der Waals surface area contributed by atoms with Crippen molar-refractivity contribution in [2.24, 2.45) is 23.0 Å². The maximum atomic E-state index is 14.0. The Kier molecular flexibility index (Phi) is 6.23. The third kappa shape index (κ3) is 5.40. The number of aromatic nitrogens is 3. The van der Waals surface area contributed by atoms with E-state index in [1.807, 2.05) is 6.07 Å². The molecule has 0 atom stereocenters. The Balaban J connectivity index is 1.56. The first-order valence-corrected chi connectivity index (χ1v) is 11.0. The molecule has 7 nitrogen and oxygen atoms in total. The SMILES string of the molecule is C=N/C(C)=C\C(=N/CC1CC1)C(=O)Nc1cccc(C2(Cc3nncn3C)CC(F)(F)C2)c1. The van der Waals surface area contributed by atoms with Crippen LogP contribution in [0.15, 0.2) is 52.4 Å². The molecule has 0 saturated heterocycles. The van der Waals surface area contributed by atoms with Crippen molar-refractivity contribution in [1.29, 1.82) is 0 Å². The van der Waals surface area contributed by atoms with Crippen LogP contribution in [-0.2, 0) is 23.7 Å². The number of aliphatic imine (C=N–C) groups is 2. The molecular formula is C24H28F2N6O. The first-order chi connectivity index (χ1) is 15.7. The van der Waals surface area contributed by atoms with Gasteiger partial charge in [-0.1, -0.05) is 12.1 Å². The Hall–Kier alpha value is -3.23. The molecule has 174 valence electrons. The standard InChI is InChI=1S/C24H28F2N6O/c1-16(27-2)9-20(28-12-17-7-8-17)22(33)30-19-6-4-5-18(10-19)23(13-24(25,26)14-23)11-21-31-29-15-32(21)3/h4-6,9-10,15,17H,2,7-8,11-14H2,1,3H3,(H,30,33)/b16-9-,28-20+. The van der Waals surface area contributed by atoms with Crippen LogP contribution in [0.1, 0.15) is 44.0 Å². The zero-order valence-corrected chi connectivity index (χ0v) is 18.9. The summed E-state index contributed by atoms with van der Waals surface area (Å²) >= 11 is 0. The molecule has 1 amide bonds. The Labute approximate surface area is 191 Å². The van der Waals surface area contributed by atoms with E-state index in [1.54, 1.807) is 49.1 Å². The lowest BCUT2D eigenvalue weighted by molar-refractivity contribution is -0.127. The summed E-state index contributed by atoms with van der Waals surface area (Å²) in [5.74, 6) is -1.91. The van der Waals surface area contributed by atoms with Gasteiger partial charge >= 0.3 is 0 Å². The van der Waals surface area contributed by atoms with Crippen LogP contribution >= 0.6 is 0 Å². The van der Waals surface area contributed by atoms with E-state index in [9.17, 15) is 13.6 Å². The van der Waals surface area contributed by atoms with Crippen LogP contribution in [0.4, 0.5) is 14.5 Å². The molecule has 9 heteroatoms. The fraction of sp³-hybridized carbons (Fsp3) is 0.458. The molecule has 1 aromatic carbocycles. The fourth-order valence-corrected chi connectivity index (χ4v) is 4.22. The summed E-state index contributed by atoms with van der Waals surface area (Å²) < 4.78 is 29.8. The highest BCUT2D eigenvalue weighted by Gasteiger charge is 2.57. The first kappa shape index (κ1) is 22.9. The highest BCUT2D eigenvalue weighted by Crippen LogP contribution is 2.55. The van der Waals surface area contributed by atoms with E-state index in [-0.39, 0.29) is 24.5 Å². The maximum Gasteiger partial charge on any atom is 0.273 e. The van der Waals surface area contributed by atoms with Crippen molar-refractivity contribution in [2.45, 2.75) is 50.4 Å². The quantitative estimate of drug-likeness (QED) is 0.579. The summed E-state index contributed by atoms with van der Waals surface area (Å²) in [6, 6.07) is 7.11. The normalized spacial score (nSPS) is 19.6. The molecule has 0 aliphatic heterocycles. The van der Waals surface area contributed by atoms with E-state index in [2.05, 4.69) is 32.2 Å². The number of nitrogens with zero attached hydrogens (tertiary/aromatic N) is 5. The zero-order chi connectivity index (χ0) is 23.6. The number of rotatable bonds is 9. The molecule has 1 aromatic heterocycles. The summed E-state index contributed by atoms with van der Waals surface area (Å²) in [4.78, 5) is 21.3. The van der Waals surface area contributed by atoms with E-state index < -0.39 is 11.3 Å². The smallest absolute Gasteiger partial charge is 0.273 e. The average molecular weight is 455 g/mol. The Morgan fingerprint density at radius 2 is 2.12 bits per heavy atom. The van der Waals surface area contributed by atoms with E-state index in [1.165, 1.54) is 0 Å². The Morgan fingerprint density at radius 3 is 2.73 bits per heavy atom. The van der Waals surface area contributed by atoms with Gasteiger partial charge in [0, 0.05) is 49.7 Å². The largest absolute Gasteiger partial charge is 0.321 e. The van der Waals surface area contributed by atoms with Crippen LogP contribution < -0.4 is 5.32 Å². The van der Waals surface area contributed by atoms with E-state index >= 15 is 0 Å². The molecule has 1 heterocycles. The lowest BCUT2D eigenvalue weighted by Gasteiger charge is -2.47. The van der Waals surface area contributed by atoms with Crippen LogP contribution in [-0.4, -0.2) is 45.6 Å². The van der Waals surface area contributed by atoms with Crippen LogP contribution in [0.3, 0.4) is 0 Å². The van der Waals surface area contributed by atoms with Gasteiger partial charge in [-0.3, -0.25) is 14.8 Å². The molecule has 2 aliphatic rings. The average Bonchev–Trinajstić information content (AvgIpc) is 3.50. The Morgan fingerprint density at radius 1 is 1.36 bits per heavy atom. The number of benzene rings is 1. The number of amides is 1. The van der Waals surface area contributed by atoms with Crippen LogP contribution in [0.5, 0.6) is 0 Å². The maximum absolute atomic E-state index is 14.0.